The molecule has 0 unspecified atom stereocenters. The first-order valence-corrected chi connectivity index (χ1v) is 19.4. The zero-order valence-corrected chi connectivity index (χ0v) is 31.5. The van der Waals surface area contributed by atoms with Crippen molar-refractivity contribution in [3.63, 3.8) is 0 Å². The fourth-order valence-corrected chi connectivity index (χ4v) is 8.80. The fourth-order valence-electron chi connectivity index (χ4n) is 8.80. The molecule has 0 aliphatic heterocycles. The first-order chi connectivity index (χ1) is 27.0. The van der Waals surface area contributed by atoms with Gasteiger partial charge < -0.3 is 4.57 Å². The normalized spacial score (nSPS) is 11.6. The summed E-state index contributed by atoms with van der Waals surface area (Å²) < 4.78 is 2.43. The van der Waals surface area contributed by atoms with Crippen molar-refractivity contribution in [3.8, 4) is 55.6 Å². The average molecular weight is 704 g/mol. The number of aromatic nitrogens is 1. The molecule has 0 atom stereocenters. The molecule has 9 aromatic carbocycles. The van der Waals surface area contributed by atoms with Gasteiger partial charge in [0.05, 0.1) is 0 Å². The third kappa shape index (κ3) is 5.63. The van der Waals surface area contributed by atoms with Crippen molar-refractivity contribution in [2.45, 2.75) is 27.3 Å². The van der Waals surface area contributed by atoms with E-state index in [1.807, 2.05) is 0 Å². The fraction of sp³-hybridized carbons (Fsp3) is 0.0741. The number of fused-ring (bicyclic) bond motifs is 5. The monoisotopic (exact) mass is 703 g/mol. The molecule has 0 radical (unpaired) electrons. The third-order valence-corrected chi connectivity index (χ3v) is 11.5. The maximum Gasteiger partial charge on any atom is 0.0491 e. The molecular formula is C54H41N. The molecule has 0 aliphatic rings. The Morgan fingerprint density at radius 3 is 1.13 bits per heavy atom. The van der Waals surface area contributed by atoms with Gasteiger partial charge in [0.1, 0.15) is 0 Å². The van der Waals surface area contributed by atoms with Crippen molar-refractivity contribution in [1.29, 1.82) is 0 Å². The van der Waals surface area contributed by atoms with E-state index < -0.39 is 0 Å². The molecule has 262 valence electrons. The van der Waals surface area contributed by atoms with Gasteiger partial charge in [-0.3, -0.25) is 0 Å². The number of nitrogens with zero attached hydrogens (tertiary/aromatic N) is 1. The lowest BCUT2D eigenvalue weighted by Gasteiger charge is -2.19. The Morgan fingerprint density at radius 2 is 0.673 bits per heavy atom. The van der Waals surface area contributed by atoms with E-state index in [1.165, 1.54) is 110 Å². The van der Waals surface area contributed by atoms with Crippen LogP contribution >= 0.6 is 0 Å². The minimum atomic E-state index is 0.933. The second-order valence-electron chi connectivity index (χ2n) is 14.9. The maximum atomic E-state index is 2.43. The zero-order valence-electron chi connectivity index (χ0n) is 31.5. The van der Waals surface area contributed by atoms with Gasteiger partial charge in [0.25, 0.3) is 0 Å². The summed E-state index contributed by atoms with van der Waals surface area (Å²) in [5, 5.41) is 7.77. The highest BCUT2D eigenvalue weighted by atomic mass is 15.0. The van der Waals surface area contributed by atoms with Crippen molar-refractivity contribution in [2.24, 2.45) is 0 Å². The van der Waals surface area contributed by atoms with Gasteiger partial charge in [-0.2, -0.15) is 0 Å². The molecule has 0 bridgehead atoms. The predicted octanol–water partition coefficient (Wildman–Crippen LogP) is 15.1. The quantitative estimate of drug-likeness (QED) is 0.152. The molecule has 0 saturated carbocycles. The molecule has 1 aromatic heterocycles. The first-order valence-electron chi connectivity index (χ1n) is 19.4. The number of rotatable bonds is 6. The lowest BCUT2D eigenvalue weighted by Crippen LogP contribution is -1.92. The number of hydrogen-bond donors (Lipinski definition) is 0. The predicted molar refractivity (Wildman–Crippen MR) is 237 cm³/mol. The molecule has 1 nitrogen and oxygen atoms in total. The van der Waals surface area contributed by atoms with Crippen molar-refractivity contribution >= 4 is 43.4 Å². The summed E-state index contributed by atoms with van der Waals surface area (Å²) in [6.07, 6.45) is 0. The standard InChI is InChI=1S/C54H41N/c1-4-55-51-29-25-43(37-11-7-5-8-12-37)33-47(51)48-34-44(26-30-52(48)55)40-19-17-38(18-20-40)39-21-23-42(24-22-39)54-46-28-16-35(2)31-49(46)53(41-13-9-6-10-14-41)45-27-15-36(3)32-50(45)54/h5-34H,4H2,1-3H3. The molecule has 0 fully saturated rings. The van der Waals surface area contributed by atoms with E-state index in [9.17, 15) is 0 Å². The van der Waals surface area contributed by atoms with Crippen LogP contribution < -0.4 is 0 Å². The molecule has 10 rings (SSSR count). The van der Waals surface area contributed by atoms with Gasteiger partial charge in [-0.25, -0.2) is 0 Å². The van der Waals surface area contributed by atoms with Crippen LogP contribution in [0.15, 0.2) is 182 Å². The van der Waals surface area contributed by atoms with E-state index in [4.69, 9.17) is 0 Å². The van der Waals surface area contributed by atoms with Gasteiger partial charge >= 0.3 is 0 Å². The van der Waals surface area contributed by atoms with Crippen LogP contribution in [0, 0.1) is 13.8 Å². The molecule has 0 saturated heterocycles. The van der Waals surface area contributed by atoms with E-state index in [0.717, 1.165) is 6.54 Å². The number of benzene rings is 9. The highest BCUT2D eigenvalue weighted by molar-refractivity contribution is 6.21. The van der Waals surface area contributed by atoms with E-state index in [1.54, 1.807) is 0 Å². The number of aryl methyl sites for hydroxylation is 3. The summed E-state index contributed by atoms with van der Waals surface area (Å²) in [4.78, 5) is 0. The Bertz CT molecular complexity index is 3040. The van der Waals surface area contributed by atoms with Crippen LogP contribution in [0.25, 0.3) is 99.0 Å². The summed E-state index contributed by atoms with van der Waals surface area (Å²) in [5.41, 5.74) is 17.6. The lowest BCUT2D eigenvalue weighted by molar-refractivity contribution is 0.827. The molecule has 0 amide bonds. The van der Waals surface area contributed by atoms with Crippen LogP contribution in [0.3, 0.4) is 0 Å². The largest absolute Gasteiger partial charge is 0.341 e. The molecule has 10 aromatic rings. The molecule has 0 aliphatic carbocycles. The summed E-state index contributed by atoms with van der Waals surface area (Å²) in [6.45, 7) is 7.55. The van der Waals surface area contributed by atoms with Crippen LogP contribution in [-0.4, -0.2) is 4.57 Å². The first kappa shape index (κ1) is 32.9. The van der Waals surface area contributed by atoms with Gasteiger partial charge in [0.2, 0.25) is 0 Å². The Balaban J connectivity index is 1.02. The van der Waals surface area contributed by atoms with Crippen molar-refractivity contribution in [3.05, 3.63) is 193 Å². The Morgan fingerprint density at radius 1 is 0.309 bits per heavy atom. The average Bonchev–Trinajstić information content (AvgIpc) is 3.56. The molecular weight excluding hydrogens is 663 g/mol. The van der Waals surface area contributed by atoms with Crippen LogP contribution in [-0.2, 0) is 6.54 Å². The molecule has 0 N–H and O–H groups in total. The molecule has 1 heteroatoms. The lowest BCUT2D eigenvalue weighted by atomic mass is 9.84. The van der Waals surface area contributed by atoms with E-state index in [0.29, 0.717) is 0 Å². The molecule has 0 spiro atoms. The van der Waals surface area contributed by atoms with Gasteiger partial charge in [0, 0.05) is 28.4 Å². The van der Waals surface area contributed by atoms with Crippen LogP contribution in [0.2, 0.25) is 0 Å². The second-order valence-corrected chi connectivity index (χ2v) is 14.9. The van der Waals surface area contributed by atoms with E-state index >= 15 is 0 Å². The molecule has 55 heavy (non-hydrogen) atoms. The van der Waals surface area contributed by atoms with Crippen molar-refractivity contribution in [2.75, 3.05) is 0 Å². The summed E-state index contributed by atoms with van der Waals surface area (Å²) >= 11 is 0. The minimum Gasteiger partial charge on any atom is -0.341 e. The Kier molecular flexibility index (Phi) is 7.96. The zero-order chi connectivity index (χ0) is 37.0. The smallest absolute Gasteiger partial charge is 0.0491 e. The van der Waals surface area contributed by atoms with Crippen molar-refractivity contribution in [1.82, 2.24) is 4.57 Å². The maximum absolute atomic E-state index is 2.43. The molecule has 1 heterocycles. The SMILES string of the molecule is CCn1c2ccc(-c3ccccc3)cc2c2cc(-c3ccc(-c4ccc(-c5c6ccc(C)cc6c(-c6ccccc6)c6ccc(C)cc56)cc4)cc3)ccc21. The van der Waals surface area contributed by atoms with Gasteiger partial charge in [-0.15, -0.1) is 0 Å². The highest BCUT2D eigenvalue weighted by Gasteiger charge is 2.18. The van der Waals surface area contributed by atoms with Crippen molar-refractivity contribution < 1.29 is 0 Å². The minimum absolute atomic E-state index is 0.933. The summed E-state index contributed by atoms with van der Waals surface area (Å²) in [6, 6.07) is 67.5. The van der Waals surface area contributed by atoms with Crippen LogP contribution in [0.1, 0.15) is 18.1 Å². The third-order valence-electron chi connectivity index (χ3n) is 11.5. The second kappa shape index (κ2) is 13.3. The van der Waals surface area contributed by atoms with E-state index in [-0.39, 0.29) is 0 Å². The highest BCUT2D eigenvalue weighted by Crippen LogP contribution is 2.45. The van der Waals surface area contributed by atoms with Gasteiger partial charge in [-0.1, -0.05) is 169 Å². The topological polar surface area (TPSA) is 4.93 Å². The van der Waals surface area contributed by atoms with Crippen LogP contribution in [0.4, 0.5) is 0 Å². The summed E-state index contributed by atoms with van der Waals surface area (Å²) in [7, 11) is 0. The Labute approximate surface area is 322 Å². The summed E-state index contributed by atoms with van der Waals surface area (Å²) in [5.74, 6) is 0. The van der Waals surface area contributed by atoms with Gasteiger partial charge in [-0.05, 0) is 122 Å². The van der Waals surface area contributed by atoms with Crippen LogP contribution in [0.5, 0.6) is 0 Å². The van der Waals surface area contributed by atoms with E-state index in [2.05, 4.69) is 207 Å². The Hall–Kier alpha value is -6.70. The van der Waals surface area contributed by atoms with Gasteiger partial charge in [0.15, 0.2) is 0 Å². The number of hydrogen-bond acceptors (Lipinski definition) is 0.